The molecule has 8 heteroatoms. The van der Waals surface area contributed by atoms with Crippen LogP contribution in [0, 0.1) is 40.2 Å². The third-order valence-corrected chi connectivity index (χ3v) is 10.4. The number of halogens is 2. The minimum absolute atomic E-state index is 0.0167. The van der Waals surface area contributed by atoms with Crippen molar-refractivity contribution in [2.45, 2.75) is 64.1 Å². The third-order valence-electron chi connectivity index (χ3n) is 10.1. The second-order valence-electron chi connectivity index (χ2n) is 11.6. The van der Waals surface area contributed by atoms with Crippen molar-refractivity contribution in [3.63, 3.8) is 0 Å². The number of aliphatic hydroxyl groups is 2. The van der Waals surface area contributed by atoms with E-state index in [4.69, 9.17) is 0 Å². The maximum absolute atomic E-state index is 14.5. The zero-order valence-electron chi connectivity index (χ0n) is 19.8. The van der Waals surface area contributed by atoms with Gasteiger partial charge in [0.05, 0.1) is 18.0 Å². The van der Waals surface area contributed by atoms with Crippen molar-refractivity contribution in [1.29, 1.82) is 0 Å². The molecule has 0 spiro atoms. The standard InChI is InChI=1S/C27H30F2N2O3S/c1-25-11-14-13-30-31(20-6-4-16(28)10-19(20)29)21(14)9-15(25)3-5-17-18-7-8-27(34,24(33)35)26(18,2)12-22(32)23(17)25/h4,6,9-10,13,17-18,22-23,32,34H,3,5,7-8,11-12H2,1-2H3,(H,33,35)/t17-,18-,22-,23+,25-,26-,27-/m1/s1. The Morgan fingerprint density at radius 3 is 2.74 bits per heavy atom. The van der Waals surface area contributed by atoms with Gasteiger partial charge in [0.25, 0.3) is 0 Å². The zero-order chi connectivity index (χ0) is 24.9. The molecule has 4 aliphatic rings. The Morgan fingerprint density at radius 1 is 1.26 bits per heavy atom. The highest BCUT2D eigenvalue weighted by atomic mass is 32.1. The van der Waals surface area contributed by atoms with E-state index < -0.39 is 33.9 Å². The number of allylic oxidation sites excluding steroid dienone is 1. The predicted molar refractivity (Wildman–Crippen MR) is 130 cm³/mol. The summed E-state index contributed by atoms with van der Waals surface area (Å²) in [5.74, 6) is -1.00. The first-order valence-electron chi connectivity index (χ1n) is 12.4. The zero-order valence-corrected chi connectivity index (χ0v) is 20.7. The van der Waals surface area contributed by atoms with Gasteiger partial charge in [0.15, 0.2) is 5.82 Å². The summed E-state index contributed by atoms with van der Waals surface area (Å²) >= 11 is 4.03. The van der Waals surface area contributed by atoms with Gasteiger partial charge in [0.2, 0.25) is 5.12 Å². The molecule has 0 bridgehead atoms. The van der Waals surface area contributed by atoms with Crippen molar-refractivity contribution in [2.24, 2.45) is 28.6 Å². The van der Waals surface area contributed by atoms with E-state index in [2.05, 4.69) is 30.7 Å². The summed E-state index contributed by atoms with van der Waals surface area (Å²) in [6, 6.07) is 3.49. The molecule has 35 heavy (non-hydrogen) atoms. The van der Waals surface area contributed by atoms with E-state index in [1.807, 2.05) is 6.92 Å². The minimum Gasteiger partial charge on any atom is -0.393 e. The number of hydrogen-bond acceptors (Lipinski definition) is 4. The molecule has 1 aromatic heterocycles. The summed E-state index contributed by atoms with van der Waals surface area (Å²) in [6.07, 6.45) is 6.97. The van der Waals surface area contributed by atoms with Gasteiger partial charge in [-0.25, -0.2) is 13.5 Å². The lowest BCUT2D eigenvalue weighted by molar-refractivity contribution is -0.173. The first-order chi connectivity index (χ1) is 16.5. The molecule has 2 aromatic rings. The van der Waals surface area contributed by atoms with Crippen LogP contribution in [0.2, 0.25) is 0 Å². The molecule has 6 rings (SSSR count). The van der Waals surface area contributed by atoms with Crippen LogP contribution in [0.1, 0.15) is 57.2 Å². The van der Waals surface area contributed by atoms with Gasteiger partial charge in [-0.15, -0.1) is 12.6 Å². The third kappa shape index (κ3) is 2.99. The van der Waals surface area contributed by atoms with Gasteiger partial charge < -0.3 is 10.2 Å². The summed E-state index contributed by atoms with van der Waals surface area (Å²) in [5.41, 5.74) is 0.659. The minimum atomic E-state index is -1.51. The number of rotatable bonds is 2. The van der Waals surface area contributed by atoms with Crippen molar-refractivity contribution >= 4 is 23.8 Å². The molecule has 0 saturated heterocycles. The van der Waals surface area contributed by atoms with Crippen molar-refractivity contribution in [2.75, 3.05) is 0 Å². The molecule has 0 unspecified atom stereocenters. The molecule has 186 valence electrons. The second kappa shape index (κ2) is 7.49. The molecule has 1 heterocycles. The quantitative estimate of drug-likeness (QED) is 0.531. The lowest BCUT2D eigenvalue weighted by Gasteiger charge is -2.60. The van der Waals surface area contributed by atoms with Crippen LogP contribution in [0.4, 0.5) is 8.78 Å². The number of hydrogen-bond donors (Lipinski definition) is 3. The van der Waals surface area contributed by atoms with E-state index in [0.717, 1.165) is 36.6 Å². The number of carbonyl (C=O) groups is 1. The Labute approximate surface area is 208 Å². The fourth-order valence-electron chi connectivity index (χ4n) is 8.39. The fraction of sp³-hybridized carbons (Fsp3) is 0.556. The Kier molecular flexibility index (Phi) is 5.00. The topological polar surface area (TPSA) is 75.3 Å². The van der Waals surface area contributed by atoms with Crippen molar-refractivity contribution in [1.82, 2.24) is 9.78 Å². The average Bonchev–Trinajstić information content (AvgIpc) is 3.29. The van der Waals surface area contributed by atoms with Gasteiger partial charge in [-0.05, 0) is 85.5 Å². The molecular formula is C27H30F2N2O3S. The van der Waals surface area contributed by atoms with Crippen LogP contribution in [0.15, 0.2) is 30.0 Å². The fourth-order valence-corrected chi connectivity index (χ4v) is 8.75. The number of nitrogens with zero attached hydrogens (tertiary/aromatic N) is 2. The lowest BCUT2D eigenvalue weighted by Crippen LogP contribution is -2.61. The van der Waals surface area contributed by atoms with Crippen molar-refractivity contribution < 1.29 is 23.8 Å². The summed E-state index contributed by atoms with van der Waals surface area (Å²) in [5, 5.41) is 26.8. The molecule has 2 N–H and O–H groups in total. The highest BCUT2D eigenvalue weighted by Gasteiger charge is 2.68. The van der Waals surface area contributed by atoms with Crippen LogP contribution in [0.3, 0.4) is 0 Å². The number of thiol groups is 1. The van der Waals surface area contributed by atoms with Crippen LogP contribution < -0.4 is 0 Å². The Hall–Kier alpha value is -2.03. The van der Waals surface area contributed by atoms with Gasteiger partial charge >= 0.3 is 0 Å². The maximum Gasteiger partial charge on any atom is 0.218 e. The Bertz CT molecular complexity index is 1280. The molecule has 3 saturated carbocycles. The highest BCUT2D eigenvalue weighted by Crippen LogP contribution is 2.67. The first-order valence-corrected chi connectivity index (χ1v) is 12.8. The highest BCUT2D eigenvalue weighted by molar-refractivity contribution is 7.96. The van der Waals surface area contributed by atoms with E-state index >= 15 is 0 Å². The average molecular weight is 501 g/mol. The number of aromatic nitrogens is 2. The number of fused-ring (bicyclic) bond motifs is 6. The van der Waals surface area contributed by atoms with E-state index in [0.29, 0.717) is 19.3 Å². The molecule has 7 atom stereocenters. The molecular weight excluding hydrogens is 470 g/mol. The molecule has 1 aromatic carbocycles. The van der Waals surface area contributed by atoms with Gasteiger partial charge in [0.1, 0.15) is 17.1 Å². The summed E-state index contributed by atoms with van der Waals surface area (Å²) in [4.78, 5) is 12.4. The lowest BCUT2D eigenvalue weighted by atomic mass is 9.45. The van der Waals surface area contributed by atoms with Crippen LogP contribution in [0.25, 0.3) is 11.8 Å². The second-order valence-corrected chi connectivity index (χ2v) is 12.0. The number of benzene rings is 1. The molecule has 3 fully saturated rings. The van der Waals surface area contributed by atoms with Crippen LogP contribution in [-0.4, -0.2) is 36.8 Å². The summed E-state index contributed by atoms with van der Waals surface area (Å²) in [6.45, 7) is 4.15. The molecule has 0 radical (unpaired) electrons. The van der Waals surface area contributed by atoms with E-state index in [-0.39, 0.29) is 28.9 Å². The van der Waals surface area contributed by atoms with E-state index in [9.17, 15) is 23.8 Å². The van der Waals surface area contributed by atoms with Gasteiger partial charge in [-0.3, -0.25) is 4.79 Å². The Balaban J connectivity index is 1.39. The van der Waals surface area contributed by atoms with Crippen LogP contribution >= 0.6 is 12.6 Å². The molecule has 5 nitrogen and oxygen atoms in total. The van der Waals surface area contributed by atoms with Gasteiger partial charge in [0, 0.05) is 11.5 Å². The van der Waals surface area contributed by atoms with Crippen molar-refractivity contribution in [3.8, 4) is 5.69 Å². The smallest absolute Gasteiger partial charge is 0.218 e. The first kappa shape index (κ1) is 23.4. The summed E-state index contributed by atoms with van der Waals surface area (Å²) in [7, 11) is 0. The Morgan fingerprint density at radius 2 is 2.03 bits per heavy atom. The number of aliphatic hydroxyl groups excluding tert-OH is 1. The van der Waals surface area contributed by atoms with Crippen LogP contribution in [0.5, 0.6) is 0 Å². The van der Waals surface area contributed by atoms with Crippen LogP contribution in [-0.2, 0) is 11.2 Å². The van der Waals surface area contributed by atoms with E-state index in [1.54, 1.807) is 6.20 Å². The monoisotopic (exact) mass is 500 g/mol. The predicted octanol–water partition coefficient (Wildman–Crippen LogP) is 4.49. The SMILES string of the molecule is C[C@@]12Cc3cnn(-c4ccc(F)cc4F)c3C=C1CC[C@H]1[C@H]2[C@H](O)C[C@]2(C)[C@@H]1CC[C@@]2(O)C(=O)S. The maximum atomic E-state index is 14.5. The summed E-state index contributed by atoms with van der Waals surface area (Å²) < 4.78 is 29.5. The van der Waals surface area contributed by atoms with Gasteiger partial charge in [-0.2, -0.15) is 5.10 Å². The number of carbonyl (C=O) groups excluding carboxylic acids is 1. The van der Waals surface area contributed by atoms with Gasteiger partial charge in [-0.1, -0.05) is 19.4 Å². The normalized spacial score (nSPS) is 39.8. The largest absolute Gasteiger partial charge is 0.393 e. The molecule has 4 aliphatic carbocycles. The van der Waals surface area contributed by atoms with Crippen molar-refractivity contribution in [3.05, 3.63) is 52.9 Å². The molecule has 0 amide bonds. The molecule has 0 aliphatic heterocycles. The van der Waals surface area contributed by atoms with E-state index in [1.165, 1.54) is 22.4 Å².